The van der Waals surface area contributed by atoms with Crippen LogP contribution in [0.2, 0.25) is 0 Å². The molecule has 0 saturated heterocycles. The second kappa shape index (κ2) is 2.50. The minimum absolute atomic E-state index is 0.0569. The summed E-state index contributed by atoms with van der Waals surface area (Å²) >= 11 is 0. The second-order valence-electron chi connectivity index (χ2n) is 3.10. The SMILES string of the molecule is CN1C(=O)C(F)(F)c2cc(F)ccc21. The lowest BCUT2D eigenvalue weighted by molar-refractivity contribution is -0.141. The average molecular weight is 201 g/mol. The molecule has 1 amide bonds. The first-order valence-electron chi connectivity index (χ1n) is 3.90. The maximum absolute atomic E-state index is 13.2. The molecular formula is C9H6F3NO. The predicted molar refractivity (Wildman–Crippen MR) is 43.7 cm³/mol. The zero-order valence-electron chi connectivity index (χ0n) is 7.22. The lowest BCUT2D eigenvalue weighted by Crippen LogP contribution is -2.31. The number of hydrogen-bond acceptors (Lipinski definition) is 1. The van der Waals surface area contributed by atoms with Crippen molar-refractivity contribution in [3.8, 4) is 0 Å². The molecule has 0 atom stereocenters. The topological polar surface area (TPSA) is 20.3 Å². The zero-order chi connectivity index (χ0) is 10.5. The molecule has 0 saturated carbocycles. The maximum atomic E-state index is 13.2. The van der Waals surface area contributed by atoms with Crippen LogP contribution in [0, 0.1) is 5.82 Å². The molecule has 0 radical (unpaired) electrons. The molecule has 0 spiro atoms. The fourth-order valence-corrected chi connectivity index (χ4v) is 1.49. The van der Waals surface area contributed by atoms with E-state index in [0.29, 0.717) is 6.07 Å². The molecule has 0 aliphatic carbocycles. The van der Waals surface area contributed by atoms with Crippen molar-refractivity contribution in [2.45, 2.75) is 5.92 Å². The molecular weight excluding hydrogens is 195 g/mol. The van der Waals surface area contributed by atoms with Crippen molar-refractivity contribution in [2.75, 3.05) is 11.9 Å². The van der Waals surface area contributed by atoms with Gasteiger partial charge in [0.2, 0.25) is 0 Å². The third-order valence-corrected chi connectivity index (χ3v) is 2.23. The number of nitrogens with zero attached hydrogens (tertiary/aromatic N) is 1. The Balaban J connectivity index is 2.69. The minimum Gasteiger partial charge on any atom is -0.309 e. The number of amides is 1. The first kappa shape index (κ1) is 9.05. The average Bonchev–Trinajstić information content (AvgIpc) is 2.29. The summed E-state index contributed by atoms with van der Waals surface area (Å²) < 4.78 is 39.1. The highest BCUT2D eigenvalue weighted by Gasteiger charge is 2.51. The molecule has 14 heavy (non-hydrogen) atoms. The van der Waals surface area contributed by atoms with Crippen molar-refractivity contribution in [1.29, 1.82) is 0 Å². The first-order valence-corrected chi connectivity index (χ1v) is 3.90. The molecule has 74 valence electrons. The minimum atomic E-state index is -3.60. The molecule has 0 unspecified atom stereocenters. The largest absolute Gasteiger partial charge is 0.352 e. The molecule has 2 nitrogen and oxygen atoms in total. The van der Waals surface area contributed by atoms with Gasteiger partial charge in [0.05, 0.1) is 11.3 Å². The van der Waals surface area contributed by atoms with Gasteiger partial charge in [-0.05, 0) is 18.2 Å². The van der Waals surface area contributed by atoms with Crippen LogP contribution in [-0.2, 0) is 10.7 Å². The Morgan fingerprint density at radius 1 is 1.36 bits per heavy atom. The Labute approximate surface area is 77.9 Å². The van der Waals surface area contributed by atoms with Gasteiger partial charge < -0.3 is 4.90 Å². The van der Waals surface area contributed by atoms with Crippen molar-refractivity contribution in [2.24, 2.45) is 0 Å². The van der Waals surface area contributed by atoms with Crippen molar-refractivity contribution in [1.82, 2.24) is 0 Å². The number of alkyl halides is 2. The smallest absolute Gasteiger partial charge is 0.309 e. The van der Waals surface area contributed by atoms with Crippen LogP contribution in [-0.4, -0.2) is 13.0 Å². The molecule has 0 bridgehead atoms. The van der Waals surface area contributed by atoms with E-state index in [1.54, 1.807) is 0 Å². The fraction of sp³-hybridized carbons (Fsp3) is 0.222. The number of benzene rings is 1. The molecule has 2 rings (SSSR count). The third kappa shape index (κ3) is 0.950. The molecule has 0 aromatic heterocycles. The summed E-state index contributed by atoms with van der Waals surface area (Å²) in [7, 11) is 1.24. The van der Waals surface area contributed by atoms with Crippen molar-refractivity contribution < 1.29 is 18.0 Å². The molecule has 1 aromatic carbocycles. The van der Waals surface area contributed by atoms with E-state index in [1.807, 2.05) is 0 Å². The van der Waals surface area contributed by atoms with Crippen LogP contribution in [0.5, 0.6) is 0 Å². The van der Waals surface area contributed by atoms with Crippen LogP contribution < -0.4 is 4.90 Å². The Kier molecular flexibility index (Phi) is 1.61. The highest BCUT2D eigenvalue weighted by molar-refractivity contribution is 6.05. The lowest BCUT2D eigenvalue weighted by Gasteiger charge is -2.08. The van der Waals surface area contributed by atoms with Gasteiger partial charge >= 0.3 is 11.8 Å². The Bertz CT molecular complexity index is 417. The zero-order valence-corrected chi connectivity index (χ0v) is 7.22. The Morgan fingerprint density at radius 3 is 2.64 bits per heavy atom. The third-order valence-electron chi connectivity index (χ3n) is 2.23. The van der Waals surface area contributed by atoms with Crippen LogP contribution in [0.3, 0.4) is 0 Å². The fourth-order valence-electron chi connectivity index (χ4n) is 1.49. The quantitative estimate of drug-likeness (QED) is 0.627. The first-order chi connectivity index (χ1) is 6.44. The number of anilines is 1. The standard InChI is InChI=1S/C9H6F3NO/c1-13-7-3-2-5(10)4-6(7)9(11,12)8(13)14/h2-4H,1H3. The van der Waals surface area contributed by atoms with Crippen LogP contribution in [0.15, 0.2) is 18.2 Å². The number of hydrogen-bond donors (Lipinski definition) is 0. The van der Waals surface area contributed by atoms with Crippen LogP contribution in [0.4, 0.5) is 18.9 Å². The van der Waals surface area contributed by atoms with E-state index in [-0.39, 0.29) is 5.69 Å². The summed E-state index contributed by atoms with van der Waals surface area (Å²) in [6, 6.07) is 2.91. The lowest BCUT2D eigenvalue weighted by atomic mass is 10.1. The predicted octanol–water partition coefficient (Wildman–Crippen LogP) is 1.89. The summed E-state index contributed by atoms with van der Waals surface area (Å²) in [5, 5.41) is 0. The highest BCUT2D eigenvalue weighted by Crippen LogP contribution is 2.43. The number of carbonyl (C=O) groups excluding carboxylic acids is 1. The van der Waals surface area contributed by atoms with Gasteiger partial charge in [0, 0.05) is 7.05 Å². The van der Waals surface area contributed by atoms with Crippen LogP contribution >= 0.6 is 0 Å². The van der Waals surface area contributed by atoms with Crippen LogP contribution in [0.25, 0.3) is 0 Å². The van der Waals surface area contributed by atoms with E-state index in [1.165, 1.54) is 13.1 Å². The monoisotopic (exact) mass is 201 g/mol. The number of fused-ring (bicyclic) bond motifs is 1. The van der Waals surface area contributed by atoms with Crippen molar-refractivity contribution >= 4 is 11.6 Å². The normalized spacial score (nSPS) is 18.6. The van der Waals surface area contributed by atoms with E-state index in [9.17, 15) is 18.0 Å². The van der Waals surface area contributed by atoms with E-state index in [0.717, 1.165) is 11.0 Å². The molecule has 5 heteroatoms. The van der Waals surface area contributed by atoms with Gasteiger partial charge in [-0.1, -0.05) is 0 Å². The maximum Gasteiger partial charge on any atom is 0.352 e. The van der Waals surface area contributed by atoms with Crippen molar-refractivity contribution in [3.63, 3.8) is 0 Å². The molecule has 0 N–H and O–H groups in total. The van der Waals surface area contributed by atoms with Gasteiger partial charge in [-0.25, -0.2) is 4.39 Å². The van der Waals surface area contributed by atoms with Gasteiger partial charge in [0.1, 0.15) is 5.82 Å². The summed E-state index contributed by atoms with van der Waals surface area (Å²) in [5.41, 5.74) is -0.508. The summed E-state index contributed by atoms with van der Waals surface area (Å²) in [5.74, 6) is -5.70. The highest BCUT2D eigenvalue weighted by atomic mass is 19.3. The Morgan fingerprint density at radius 2 is 2.00 bits per heavy atom. The molecule has 1 aliphatic rings. The van der Waals surface area contributed by atoms with Gasteiger partial charge in [0.15, 0.2) is 0 Å². The number of carbonyl (C=O) groups is 1. The van der Waals surface area contributed by atoms with Gasteiger partial charge in [-0.2, -0.15) is 8.78 Å². The molecule has 1 aromatic rings. The summed E-state index contributed by atoms with van der Waals surface area (Å²) in [6.45, 7) is 0. The van der Waals surface area contributed by atoms with Gasteiger partial charge in [-0.3, -0.25) is 4.79 Å². The Hall–Kier alpha value is -1.52. The second-order valence-corrected chi connectivity index (χ2v) is 3.10. The van der Waals surface area contributed by atoms with Gasteiger partial charge in [-0.15, -0.1) is 0 Å². The molecule has 0 fully saturated rings. The van der Waals surface area contributed by atoms with E-state index >= 15 is 0 Å². The molecule has 1 heterocycles. The molecule has 1 aliphatic heterocycles. The van der Waals surface area contributed by atoms with E-state index in [4.69, 9.17) is 0 Å². The van der Waals surface area contributed by atoms with Crippen molar-refractivity contribution in [3.05, 3.63) is 29.6 Å². The van der Waals surface area contributed by atoms with Gasteiger partial charge in [0.25, 0.3) is 0 Å². The van der Waals surface area contributed by atoms with Crippen LogP contribution in [0.1, 0.15) is 5.56 Å². The number of rotatable bonds is 0. The number of likely N-dealkylation sites (N-methyl/N-ethyl adjacent to an activating group) is 1. The summed E-state index contributed by atoms with van der Waals surface area (Å²) in [6.07, 6.45) is 0. The summed E-state index contributed by atoms with van der Waals surface area (Å²) in [4.78, 5) is 11.9. The van der Waals surface area contributed by atoms with E-state index in [2.05, 4.69) is 0 Å². The van der Waals surface area contributed by atoms with E-state index < -0.39 is 23.2 Å². The number of halogens is 3.